The van der Waals surface area contributed by atoms with Gasteiger partial charge in [-0.2, -0.15) is 0 Å². The molecule has 3 saturated carbocycles. The first-order valence-corrected chi connectivity index (χ1v) is 40.2. The molecule has 2 aromatic heterocycles. The number of nitrogens with one attached hydrogen (secondary N) is 6. The Bertz CT molecular complexity index is 4310. The smallest absolute Gasteiger partial charge is 0.445 e. The van der Waals surface area contributed by atoms with E-state index in [0.717, 1.165) is 32.5 Å². The number of aromatic amines is 2. The second kappa shape index (κ2) is 39.0. The maximum Gasteiger partial charge on any atom is 0.524 e. The van der Waals surface area contributed by atoms with Crippen LogP contribution < -0.4 is 46.1 Å². The number of nitrogens with two attached hydrogens (primary N) is 1. The van der Waals surface area contributed by atoms with Gasteiger partial charge in [-0.05, 0) is 104 Å². The Morgan fingerprint density at radius 1 is 0.696 bits per heavy atom. The Labute approximate surface area is 663 Å². The number of halogens is 2. The van der Waals surface area contributed by atoms with E-state index < -0.39 is 60.5 Å². The van der Waals surface area contributed by atoms with Crippen LogP contribution >= 0.6 is 43.2 Å². The van der Waals surface area contributed by atoms with Crippen LogP contribution in [0.4, 0.5) is 26.7 Å². The molecule has 0 unspecified atom stereocenters. The molecule has 6 aliphatic rings. The summed E-state index contributed by atoms with van der Waals surface area (Å²) in [6.07, 6.45) is 6.92. The quantitative estimate of drug-likeness (QED) is 0.00661. The van der Waals surface area contributed by atoms with Crippen molar-refractivity contribution in [3.8, 4) is 11.5 Å². The van der Waals surface area contributed by atoms with Crippen LogP contribution in [0.2, 0.25) is 0 Å². The first kappa shape index (κ1) is 85.9. The average molecular weight is 1640 g/mol. The van der Waals surface area contributed by atoms with Gasteiger partial charge in [0.05, 0.1) is 125 Å². The number of phosphoric ester groups is 1. The highest BCUT2D eigenvalue weighted by Crippen LogP contribution is 2.75. The third kappa shape index (κ3) is 21.1. The Morgan fingerprint density at radius 2 is 1.19 bits per heavy atom. The third-order valence-electron chi connectivity index (χ3n) is 20.6. The molecule has 10 amide bonds. The number of rotatable bonds is 44. The van der Waals surface area contributed by atoms with Crippen LogP contribution in [-0.2, 0) is 77.9 Å². The van der Waals surface area contributed by atoms with E-state index in [4.69, 9.17) is 83.6 Å². The number of hydrogen-bond donors (Lipinski definition) is 9. The van der Waals surface area contributed by atoms with Gasteiger partial charge in [0.15, 0.2) is 11.5 Å². The number of primary amides is 1. The Kier molecular flexibility index (Phi) is 29.9. The number of imide groups is 1. The molecular formula is C75H99Cl2N12O21PS. The third-order valence-corrected chi connectivity index (χ3v) is 22.1. The lowest BCUT2D eigenvalue weighted by Gasteiger charge is -2.69. The first-order chi connectivity index (χ1) is 53.6. The van der Waals surface area contributed by atoms with E-state index in [9.17, 15) is 52.7 Å². The van der Waals surface area contributed by atoms with Crippen molar-refractivity contribution in [3.05, 3.63) is 88.8 Å². The zero-order valence-corrected chi connectivity index (χ0v) is 66.8. The lowest BCUT2D eigenvalue weighted by molar-refractivity contribution is -0.205. The monoisotopic (exact) mass is 1640 g/mol. The standard InChI is InChI=1S/C75H99Cl2N12O21PS/c1-45(2)64(84-57(90)15-20-102-22-24-104-26-28-106-30-31-107-29-27-105-25-23-103-21-19-87-58(91)13-14-59(87)92)68(94)82-38-49(8-7-16-79-71(78)97)67(93)83-52-11-9-48(10-12-52)41-108-72(98)85(5)17-18-86(6)73(112)109-55-32-53-62(60-46(3)36-80-65(55)60)50(34-76)39-88(53)69(95)74-42-75(43-74,44-74)70(96)89-40-51(35-77)63-54(89)33-56(110-111(99,100)101)66-61(63)47(4)37-81-66/h9-14,32-33,36-37,45,49-51,64,80-81H,7-8,15-31,34-35,38-44H2,1-6H3,(H,82,94)(H,83,93)(H,84,90)(H3,78,79,97)(H2,99,100,101)/t49-,50-,51-,64+,74?,75?/m1/s1. The molecule has 112 heavy (non-hydrogen) atoms. The van der Waals surface area contributed by atoms with Gasteiger partial charge in [-0.3, -0.25) is 48.2 Å². The number of urea groups is 1. The molecule has 10 N–H and O–H groups in total. The molecule has 11 rings (SSSR count). The van der Waals surface area contributed by atoms with Crippen molar-refractivity contribution in [2.75, 3.05) is 166 Å². The van der Waals surface area contributed by atoms with Gasteiger partial charge in [0.2, 0.25) is 29.5 Å². The van der Waals surface area contributed by atoms with Gasteiger partial charge in [-0.1, -0.05) is 26.0 Å². The molecule has 2 bridgehead atoms. The lowest BCUT2D eigenvalue weighted by Crippen LogP contribution is -2.73. The number of thiocarbonyl (C=S) groups is 1. The van der Waals surface area contributed by atoms with Crippen molar-refractivity contribution in [3.63, 3.8) is 0 Å². The molecule has 5 heterocycles. The molecule has 0 saturated heterocycles. The largest absolute Gasteiger partial charge is 0.524 e. The van der Waals surface area contributed by atoms with Crippen molar-refractivity contribution >= 4 is 141 Å². The minimum atomic E-state index is -4.99. The number of fused-ring (bicyclic) bond motifs is 6. The molecule has 37 heteroatoms. The highest BCUT2D eigenvalue weighted by molar-refractivity contribution is 7.80. The van der Waals surface area contributed by atoms with E-state index in [1.807, 2.05) is 20.0 Å². The van der Waals surface area contributed by atoms with E-state index in [0.29, 0.717) is 130 Å². The summed E-state index contributed by atoms with van der Waals surface area (Å²) in [6, 6.07) is 8.30. The molecular weight excluding hydrogens is 1540 g/mol. The first-order valence-electron chi connectivity index (χ1n) is 37.2. The van der Waals surface area contributed by atoms with Crippen LogP contribution in [0, 0.1) is 36.5 Å². The molecule has 3 aromatic carbocycles. The summed E-state index contributed by atoms with van der Waals surface area (Å²) in [6.45, 7) is 12.1. The fourth-order valence-corrected chi connectivity index (χ4v) is 15.9. The average Bonchev–Trinajstić information content (AvgIpc) is 1.04. The van der Waals surface area contributed by atoms with Crippen LogP contribution in [-0.4, -0.2) is 250 Å². The van der Waals surface area contributed by atoms with Crippen molar-refractivity contribution in [2.45, 2.75) is 90.7 Å². The van der Waals surface area contributed by atoms with Crippen molar-refractivity contribution < 1.29 is 99.9 Å². The van der Waals surface area contributed by atoms with Gasteiger partial charge < -0.3 is 99.0 Å². The van der Waals surface area contributed by atoms with Crippen LogP contribution in [0.3, 0.4) is 0 Å². The van der Waals surface area contributed by atoms with E-state index in [-0.39, 0.29) is 149 Å². The number of benzene rings is 3. The predicted molar refractivity (Wildman–Crippen MR) is 418 cm³/mol. The number of carbonyl (C=O) groups excluding carboxylic acids is 9. The van der Waals surface area contributed by atoms with Gasteiger partial charge in [0.1, 0.15) is 12.6 Å². The molecule has 0 spiro atoms. The SMILES string of the molecule is Cc1c[nH]c2c(OC(=S)N(C)CCN(C)C(=O)OCc3ccc(NC(=O)[C@H](CCCNC(N)=O)CNC(=O)[C@@H](NC(=O)CCOCCOCCOCCOCCOCCOCCN4C(=O)C=CC4=O)C(C)C)cc3)cc3c(c12)[C@H](CCl)CN3C(=O)C12CC(C(=O)N3C[C@@H](CCl)c4c3cc(OP(=O)(O)O)c3[nH]cc(C)c43)(C1)C2. The number of amides is 10. The molecule has 3 aliphatic heterocycles. The second-order valence-corrected chi connectivity index (χ2v) is 31.1. The Hall–Kier alpha value is -8.51. The van der Waals surface area contributed by atoms with E-state index >= 15 is 4.79 Å². The van der Waals surface area contributed by atoms with Gasteiger partial charge in [-0.25, -0.2) is 14.2 Å². The highest BCUT2D eigenvalue weighted by atomic mass is 35.5. The van der Waals surface area contributed by atoms with Crippen LogP contribution in [0.5, 0.6) is 11.5 Å². The predicted octanol–water partition coefficient (Wildman–Crippen LogP) is 6.49. The highest BCUT2D eigenvalue weighted by Gasteiger charge is 2.76. The number of phosphoric acid groups is 1. The summed E-state index contributed by atoms with van der Waals surface area (Å²) in [7, 11) is -1.68. The zero-order chi connectivity index (χ0) is 80.6. The molecule has 3 fully saturated rings. The number of likely N-dealkylation sites (N-methyl/N-ethyl adjacent to an activating group) is 2. The molecule has 3 aliphatic carbocycles. The number of aromatic nitrogens is 2. The number of H-pyrrole nitrogens is 2. The van der Waals surface area contributed by atoms with Crippen LogP contribution in [0.1, 0.15) is 92.0 Å². The van der Waals surface area contributed by atoms with E-state index in [1.54, 1.807) is 79.2 Å². The zero-order valence-electron chi connectivity index (χ0n) is 63.5. The number of aryl methyl sites for hydroxylation is 2. The van der Waals surface area contributed by atoms with E-state index in [2.05, 4.69) is 31.2 Å². The van der Waals surface area contributed by atoms with Crippen molar-refractivity contribution in [1.82, 2.24) is 40.6 Å². The minimum Gasteiger partial charge on any atom is -0.445 e. The number of alkyl halides is 2. The van der Waals surface area contributed by atoms with Crippen molar-refractivity contribution in [2.24, 2.45) is 28.4 Å². The summed E-state index contributed by atoms with van der Waals surface area (Å²) in [5.41, 5.74) is 10.2. The number of carbonyl (C=O) groups is 9. The molecule has 610 valence electrons. The number of nitrogens with zero attached hydrogens (tertiary/aromatic N) is 5. The minimum absolute atomic E-state index is 0.0199. The van der Waals surface area contributed by atoms with Crippen molar-refractivity contribution in [1.29, 1.82) is 0 Å². The molecule has 4 atom stereocenters. The Balaban J connectivity index is 0.624. The van der Waals surface area contributed by atoms with Gasteiger partial charge in [0.25, 0.3) is 17.0 Å². The summed E-state index contributed by atoms with van der Waals surface area (Å²) >= 11 is 19.1. The lowest BCUT2D eigenvalue weighted by atomic mass is 9.34. The maximum absolute atomic E-state index is 15.0. The summed E-state index contributed by atoms with van der Waals surface area (Å²) in [5.74, 6) is -3.21. The molecule has 5 aromatic rings. The van der Waals surface area contributed by atoms with Gasteiger partial charge in [0, 0.05) is 137 Å². The van der Waals surface area contributed by atoms with Gasteiger partial charge in [-0.15, -0.1) is 23.2 Å². The summed E-state index contributed by atoms with van der Waals surface area (Å²) < 4.78 is 62.3. The number of hydrogen-bond acceptors (Lipinski definition) is 20. The van der Waals surface area contributed by atoms with Gasteiger partial charge >= 0.3 is 19.9 Å². The molecule has 33 nitrogen and oxygen atoms in total. The van der Waals surface area contributed by atoms with E-state index in [1.165, 1.54) is 23.1 Å². The molecule has 0 radical (unpaired) electrons. The second-order valence-electron chi connectivity index (χ2n) is 29.0. The normalized spacial score (nSPS) is 18.6. The number of anilines is 3. The summed E-state index contributed by atoms with van der Waals surface area (Å²) in [5, 5.41) is 12.6. The fraction of sp³-hybridized carbons (Fsp3) is 0.547. The fourth-order valence-electron chi connectivity index (χ4n) is 14.8. The van der Waals surface area contributed by atoms with Crippen LogP contribution in [0.15, 0.2) is 60.9 Å². The van der Waals surface area contributed by atoms with Crippen LogP contribution in [0.25, 0.3) is 21.8 Å². The topological polar surface area (TPSA) is 416 Å². The number of ether oxygens (including phenoxy) is 8. The maximum atomic E-state index is 15.0. The Morgan fingerprint density at radius 3 is 1.69 bits per heavy atom. The summed E-state index contributed by atoms with van der Waals surface area (Å²) in [4.78, 5) is 152.